The van der Waals surface area contributed by atoms with E-state index in [0.29, 0.717) is 0 Å². The van der Waals surface area contributed by atoms with Crippen LogP contribution in [0.2, 0.25) is 0 Å². The van der Waals surface area contributed by atoms with Crippen molar-refractivity contribution in [2.24, 2.45) is 0 Å². The predicted molar refractivity (Wildman–Crippen MR) is 30.6 cm³/mol. The third-order valence-electron chi connectivity index (χ3n) is 0.954. The van der Waals surface area contributed by atoms with Crippen LogP contribution < -0.4 is 0 Å². The van der Waals surface area contributed by atoms with Crippen LogP contribution in [0.1, 0.15) is 5.56 Å². The SMILES string of the molecule is FC(F)(F)Cc1[c]ncnc1. The van der Waals surface area contributed by atoms with Crippen molar-refractivity contribution in [3.05, 3.63) is 24.3 Å². The van der Waals surface area contributed by atoms with Gasteiger partial charge in [0.15, 0.2) is 0 Å². The fourth-order valence-electron chi connectivity index (χ4n) is 0.598. The Morgan fingerprint density at radius 3 is 2.64 bits per heavy atom. The largest absolute Gasteiger partial charge is 0.393 e. The lowest BCUT2D eigenvalue weighted by molar-refractivity contribution is -0.127. The van der Waals surface area contributed by atoms with E-state index in [1.807, 2.05) is 0 Å². The van der Waals surface area contributed by atoms with Gasteiger partial charge in [0.1, 0.15) is 6.33 Å². The van der Waals surface area contributed by atoms with E-state index >= 15 is 0 Å². The normalized spacial score (nSPS) is 11.5. The average Bonchev–Trinajstić information content (AvgIpc) is 1.85. The van der Waals surface area contributed by atoms with E-state index in [1.165, 1.54) is 0 Å². The zero-order chi connectivity index (χ0) is 8.32. The second-order valence-electron chi connectivity index (χ2n) is 1.95. The zero-order valence-electron chi connectivity index (χ0n) is 5.39. The molecule has 0 aliphatic carbocycles. The lowest BCUT2D eigenvalue weighted by Gasteiger charge is -2.03. The zero-order valence-corrected chi connectivity index (χ0v) is 5.39. The Labute approximate surface area is 61.1 Å². The first kappa shape index (κ1) is 7.97. The van der Waals surface area contributed by atoms with Crippen molar-refractivity contribution in [1.82, 2.24) is 9.97 Å². The summed E-state index contributed by atoms with van der Waals surface area (Å²) in [7, 11) is 0. The number of rotatable bonds is 1. The summed E-state index contributed by atoms with van der Waals surface area (Å²) >= 11 is 0. The maximum atomic E-state index is 11.7. The minimum Gasteiger partial charge on any atom is -0.244 e. The minimum atomic E-state index is -4.21. The summed E-state index contributed by atoms with van der Waals surface area (Å²) in [4.78, 5) is 6.76. The van der Waals surface area contributed by atoms with Gasteiger partial charge in [-0.3, -0.25) is 0 Å². The third kappa shape index (κ3) is 2.97. The van der Waals surface area contributed by atoms with Gasteiger partial charge in [-0.1, -0.05) is 0 Å². The van der Waals surface area contributed by atoms with E-state index in [-0.39, 0.29) is 5.56 Å². The topological polar surface area (TPSA) is 25.8 Å². The summed E-state index contributed by atoms with van der Waals surface area (Å²) in [5, 5.41) is 0. The Morgan fingerprint density at radius 2 is 2.18 bits per heavy atom. The highest BCUT2D eigenvalue weighted by Crippen LogP contribution is 2.19. The molecule has 1 aromatic rings. The Morgan fingerprint density at radius 1 is 1.45 bits per heavy atom. The van der Waals surface area contributed by atoms with Crippen LogP contribution in [-0.4, -0.2) is 16.1 Å². The molecule has 0 aromatic carbocycles. The van der Waals surface area contributed by atoms with Crippen molar-refractivity contribution in [2.45, 2.75) is 12.6 Å². The van der Waals surface area contributed by atoms with Crippen molar-refractivity contribution >= 4 is 0 Å². The van der Waals surface area contributed by atoms with E-state index < -0.39 is 12.6 Å². The molecule has 0 N–H and O–H groups in total. The second-order valence-corrected chi connectivity index (χ2v) is 1.95. The summed E-state index contributed by atoms with van der Waals surface area (Å²) in [5.74, 6) is 0. The highest BCUT2D eigenvalue weighted by Gasteiger charge is 2.27. The minimum absolute atomic E-state index is 0.0417. The van der Waals surface area contributed by atoms with Gasteiger partial charge < -0.3 is 0 Å². The Bertz CT molecular complexity index is 219. The first-order valence-corrected chi connectivity index (χ1v) is 2.81. The van der Waals surface area contributed by atoms with Crippen LogP contribution in [0.5, 0.6) is 0 Å². The van der Waals surface area contributed by atoms with Gasteiger partial charge in [0.05, 0.1) is 12.6 Å². The molecule has 0 spiro atoms. The lowest BCUT2D eigenvalue weighted by Crippen LogP contribution is -2.11. The molecule has 5 heteroatoms. The molecule has 1 radical (unpaired) electrons. The molecule has 1 aromatic heterocycles. The fraction of sp³-hybridized carbons (Fsp3) is 0.333. The summed E-state index contributed by atoms with van der Waals surface area (Å²) in [6.07, 6.45) is -0.798. The van der Waals surface area contributed by atoms with E-state index in [1.54, 1.807) is 0 Å². The van der Waals surface area contributed by atoms with Crippen molar-refractivity contribution in [2.75, 3.05) is 0 Å². The lowest BCUT2D eigenvalue weighted by atomic mass is 10.2. The van der Waals surface area contributed by atoms with Crippen LogP contribution >= 0.6 is 0 Å². The number of nitrogens with zero attached hydrogens (tertiary/aromatic N) is 2. The molecule has 0 amide bonds. The first-order chi connectivity index (χ1) is 5.08. The molecular formula is C6H4F3N2. The van der Waals surface area contributed by atoms with Gasteiger partial charge in [0, 0.05) is 11.8 Å². The first-order valence-electron chi connectivity index (χ1n) is 2.81. The van der Waals surface area contributed by atoms with Crippen LogP contribution in [0.3, 0.4) is 0 Å². The summed E-state index contributed by atoms with van der Waals surface area (Å²) in [6.45, 7) is 0. The van der Waals surface area contributed by atoms with Gasteiger partial charge in [0.2, 0.25) is 0 Å². The van der Waals surface area contributed by atoms with Crippen LogP contribution in [0.25, 0.3) is 0 Å². The number of hydrogen-bond acceptors (Lipinski definition) is 2. The Balaban J connectivity index is 2.66. The van der Waals surface area contributed by atoms with Gasteiger partial charge in [-0.15, -0.1) is 0 Å². The average molecular weight is 161 g/mol. The molecule has 59 valence electrons. The summed E-state index contributed by atoms with van der Waals surface area (Å²) in [6, 6.07) is 0. The maximum absolute atomic E-state index is 11.7. The molecule has 1 heterocycles. The highest BCUT2D eigenvalue weighted by atomic mass is 19.4. The van der Waals surface area contributed by atoms with Crippen LogP contribution in [0, 0.1) is 6.20 Å². The van der Waals surface area contributed by atoms with Gasteiger partial charge in [-0.2, -0.15) is 13.2 Å². The Kier molecular flexibility index (Phi) is 2.07. The van der Waals surface area contributed by atoms with Crippen LogP contribution in [0.15, 0.2) is 12.5 Å². The molecule has 0 unspecified atom stereocenters. The van der Waals surface area contributed by atoms with Gasteiger partial charge in [-0.05, 0) is 0 Å². The molecule has 0 bridgehead atoms. The highest BCUT2D eigenvalue weighted by molar-refractivity contribution is 5.02. The van der Waals surface area contributed by atoms with Crippen molar-refractivity contribution in [3.8, 4) is 0 Å². The molecule has 0 saturated carbocycles. The van der Waals surface area contributed by atoms with Gasteiger partial charge in [-0.25, -0.2) is 9.97 Å². The number of halogens is 3. The molecule has 0 aliphatic heterocycles. The monoisotopic (exact) mass is 161 g/mol. The van der Waals surface area contributed by atoms with Crippen molar-refractivity contribution < 1.29 is 13.2 Å². The summed E-state index contributed by atoms with van der Waals surface area (Å²) < 4.78 is 35.0. The van der Waals surface area contributed by atoms with Crippen molar-refractivity contribution in [3.63, 3.8) is 0 Å². The second kappa shape index (κ2) is 2.86. The van der Waals surface area contributed by atoms with Crippen LogP contribution in [-0.2, 0) is 6.42 Å². The Hall–Kier alpha value is -1.13. The molecule has 0 fully saturated rings. The van der Waals surface area contributed by atoms with Gasteiger partial charge >= 0.3 is 6.18 Å². The molecule has 0 aliphatic rings. The van der Waals surface area contributed by atoms with E-state index in [4.69, 9.17) is 0 Å². The van der Waals surface area contributed by atoms with E-state index in [2.05, 4.69) is 16.2 Å². The predicted octanol–water partition coefficient (Wildman–Crippen LogP) is 1.38. The van der Waals surface area contributed by atoms with E-state index in [9.17, 15) is 13.2 Å². The van der Waals surface area contributed by atoms with Crippen LogP contribution in [0.4, 0.5) is 13.2 Å². The van der Waals surface area contributed by atoms with Gasteiger partial charge in [0.25, 0.3) is 0 Å². The smallest absolute Gasteiger partial charge is 0.244 e. The number of alkyl halides is 3. The van der Waals surface area contributed by atoms with Crippen molar-refractivity contribution in [1.29, 1.82) is 0 Å². The molecule has 0 saturated heterocycles. The molecule has 0 atom stereocenters. The molecule has 1 rings (SSSR count). The number of aromatic nitrogens is 2. The standard InChI is InChI=1S/C6H4F3N2/c7-6(8,9)1-5-2-10-4-11-3-5/h2,4H,1H2. The summed E-state index contributed by atoms with van der Waals surface area (Å²) in [5.41, 5.74) is -0.0417. The maximum Gasteiger partial charge on any atom is 0.393 e. The number of hydrogen-bond donors (Lipinski definition) is 0. The van der Waals surface area contributed by atoms with E-state index in [0.717, 1.165) is 12.5 Å². The quantitative estimate of drug-likeness (QED) is 0.621. The fourth-order valence-corrected chi connectivity index (χ4v) is 0.598. The molecule has 11 heavy (non-hydrogen) atoms. The molecular weight excluding hydrogens is 157 g/mol. The third-order valence-corrected chi connectivity index (χ3v) is 0.954. The molecule has 2 nitrogen and oxygen atoms in total.